The van der Waals surface area contributed by atoms with E-state index >= 15 is 0 Å². The molecule has 2 unspecified atom stereocenters. The molecule has 1 amide bonds. The topological polar surface area (TPSA) is 111 Å². The van der Waals surface area contributed by atoms with E-state index in [2.05, 4.69) is 20.7 Å². The molecule has 2 aromatic carbocycles. The first-order chi connectivity index (χ1) is 17.8. The molecule has 0 radical (unpaired) electrons. The monoisotopic (exact) mass is 534 g/mol. The predicted molar refractivity (Wildman–Crippen MR) is 144 cm³/mol. The third-order valence-electron chi connectivity index (χ3n) is 6.70. The van der Waals surface area contributed by atoms with Crippen LogP contribution in [0, 0.1) is 11.3 Å². The number of carbonyl (C=O) groups excluding carboxylic acids is 1. The molecule has 37 heavy (non-hydrogen) atoms. The van der Waals surface area contributed by atoms with Crippen molar-refractivity contribution in [1.29, 1.82) is 5.26 Å². The van der Waals surface area contributed by atoms with Crippen molar-refractivity contribution in [2.75, 3.05) is 29.3 Å². The molecule has 2 aromatic heterocycles. The SMILES string of the molecule is CC1CN(c2ccc(S(=O)(=O)Nc3nccs3)cc2)CCN1C(=O)C(C)n1ccc2cc(C#N)ccc21. The lowest BCUT2D eigenvalue weighted by Crippen LogP contribution is -2.55. The number of thiazole rings is 1. The van der Waals surface area contributed by atoms with E-state index in [1.807, 2.05) is 47.7 Å². The molecule has 1 saturated heterocycles. The van der Waals surface area contributed by atoms with Gasteiger partial charge in [-0.2, -0.15) is 5.26 Å². The van der Waals surface area contributed by atoms with E-state index in [0.29, 0.717) is 30.3 Å². The average molecular weight is 535 g/mol. The van der Waals surface area contributed by atoms with Crippen LogP contribution < -0.4 is 9.62 Å². The van der Waals surface area contributed by atoms with Crippen molar-refractivity contribution in [2.24, 2.45) is 0 Å². The van der Waals surface area contributed by atoms with Gasteiger partial charge in [0, 0.05) is 60.0 Å². The van der Waals surface area contributed by atoms with Gasteiger partial charge in [0.25, 0.3) is 10.0 Å². The van der Waals surface area contributed by atoms with Crippen LogP contribution in [0.25, 0.3) is 10.9 Å². The maximum Gasteiger partial charge on any atom is 0.263 e. The average Bonchev–Trinajstić information content (AvgIpc) is 3.57. The number of piperazine rings is 1. The highest BCUT2D eigenvalue weighted by molar-refractivity contribution is 7.93. The van der Waals surface area contributed by atoms with Gasteiger partial charge in [0.1, 0.15) is 6.04 Å². The molecule has 1 aliphatic heterocycles. The van der Waals surface area contributed by atoms with Crippen molar-refractivity contribution in [2.45, 2.75) is 30.8 Å². The lowest BCUT2D eigenvalue weighted by atomic mass is 10.1. The first kappa shape index (κ1) is 24.8. The predicted octanol–water partition coefficient (Wildman–Crippen LogP) is 4.07. The standard InChI is InChI=1S/C26H26N6O3S2/c1-18-17-30(22-4-6-23(7-5-22)37(34,35)29-26-28-10-14-36-26)12-13-31(18)25(33)19(2)32-11-9-21-15-20(16-27)3-8-24(21)32/h3-11,14-15,18-19H,12-13,17H2,1-2H3,(H,28,29). The van der Waals surface area contributed by atoms with Gasteiger partial charge in [-0.05, 0) is 62.4 Å². The van der Waals surface area contributed by atoms with Crippen LogP contribution in [0.2, 0.25) is 0 Å². The zero-order valence-electron chi connectivity index (χ0n) is 20.4. The maximum absolute atomic E-state index is 13.5. The number of anilines is 2. The minimum atomic E-state index is -3.70. The highest BCUT2D eigenvalue weighted by Gasteiger charge is 2.31. The molecule has 11 heteroatoms. The zero-order chi connectivity index (χ0) is 26.2. The zero-order valence-corrected chi connectivity index (χ0v) is 22.0. The smallest absolute Gasteiger partial charge is 0.263 e. The van der Waals surface area contributed by atoms with Crippen molar-refractivity contribution in [1.82, 2.24) is 14.5 Å². The van der Waals surface area contributed by atoms with Gasteiger partial charge < -0.3 is 14.4 Å². The minimum absolute atomic E-state index is 0.0225. The molecule has 0 aliphatic carbocycles. The highest BCUT2D eigenvalue weighted by atomic mass is 32.2. The Labute approximate surface area is 219 Å². The van der Waals surface area contributed by atoms with Gasteiger partial charge in [-0.1, -0.05) is 0 Å². The van der Waals surface area contributed by atoms with Crippen molar-refractivity contribution in [3.8, 4) is 6.07 Å². The van der Waals surface area contributed by atoms with Gasteiger partial charge in [-0.15, -0.1) is 11.3 Å². The number of benzene rings is 2. The maximum atomic E-state index is 13.5. The number of nitrogens with one attached hydrogen (secondary N) is 1. The van der Waals surface area contributed by atoms with Gasteiger partial charge in [0.2, 0.25) is 5.91 Å². The number of sulfonamides is 1. The van der Waals surface area contributed by atoms with Crippen LogP contribution in [0.15, 0.2) is 71.2 Å². The molecule has 190 valence electrons. The van der Waals surface area contributed by atoms with E-state index in [1.165, 1.54) is 11.3 Å². The minimum Gasteiger partial charge on any atom is -0.368 e. The number of fused-ring (bicyclic) bond motifs is 1. The van der Waals surface area contributed by atoms with Gasteiger partial charge in [-0.3, -0.25) is 9.52 Å². The summed E-state index contributed by atoms with van der Waals surface area (Å²) in [4.78, 5) is 21.7. The lowest BCUT2D eigenvalue weighted by Gasteiger charge is -2.42. The molecular weight excluding hydrogens is 508 g/mol. The Balaban J connectivity index is 1.25. The van der Waals surface area contributed by atoms with Gasteiger partial charge in [0.15, 0.2) is 5.13 Å². The Kier molecular flexibility index (Phi) is 6.62. The second-order valence-electron chi connectivity index (χ2n) is 9.05. The fourth-order valence-electron chi connectivity index (χ4n) is 4.73. The number of nitriles is 1. The lowest BCUT2D eigenvalue weighted by molar-refractivity contribution is -0.136. The fraction of sp³-hybridized carbons (Fsp3) is 0.269. The van der Waals surface area contributed by atoms with Crippen molar-refractivity contribution in [3.63, 3.8) is 0 Å². The second-order valence-corrected chi connectivity index (χ2v) is 11.6. The fourth-order valence-corrected chi connectivity index (χ4v) is 6.52. The van der Waals surface area contributed by atoms with Crippen LogP contribution in [-0.4, -0.2) is 54.5 Å². The highest BCUT2D eigenvalue weighted by Crippen LogP contribution is 2.26. The van der Waals surface area contributed by atoms with Crippen LogP contribution in [-0.2, 0) is 14.8 Å². The van der Waals surface area contributed by atoms with Crippen LogP contribution in [0.5, 0.6) is 0 Å². The van der Waals surface area contributed by atoms with E-state index < -0.39 is 10.0 Å². The Morgan fingerprint density at radius 3 is 2.65 bits per heavy atom. The number of amides is 1. The van der Waals surface area contributed by atoms with Crippen molar-refractivity contribution >= 4 is 49.0 Å². The summed E-state index contributed by atoms with van der Waals surface area (Å²) >= 11 is 1.22. The molecule has 0 saturated carbocycles. The second kappa shape index (κ2) is 9.88. The van der Waals surface area contributed by atoms with Gasteiger partial charge in [0.05, 0.1) is 16.5 Å². The molecule has 1 fully saturated rings. The Morgan fingerprint density at radius 1 is 1.19 bits per heavy atom. The summed E-state index contributed by atoms with van der Waals surface area (Å²) in [5, 5.41) is 12.1. The molecular formula is C26H26N6O3S2. The van der Waals surface area contributed by atoms with Crippen molar-refractivity contribution in [3.05, 3.63) is 71.9 Å². The van der Waals surface area contributed by atoms with Crippen LogP contribution in [0.1, 0.15) is 25.5 Å². The Hall–Kier alpha value is -3.88. The number of rotatable bonds is 6. The number of nitrogens with zero attached hydrogens (tertiary/aromatic N) is 5. The molecule has 0 spiro atoms. The summed E-state index contributed by atoms with van der Waals surface area (Å²) in [6.45, 7) is 5.77. The third-order valence-corrected chi connectivity index (χ3v) is 8.87. The summed E-state index contributed by atoms with van der Waals surface area (Å²) in [5.74, 6) is 0.0451. The van der Waals surface area contributed by atoms with Gasteiger partial charge >= 0.3 is 0 Å². The normalized spacial score (nSPS) is 16.9. The summed E-state index contributed by atoms with van der Waals surface area (Å²) < 4.78 is 29.7. The van der Waals surface area contributed by atoms with E-state index in [1.54, 1.807) is 41.9 Å². The molecule has 9 nitrogen and oxygen atoms in total. The molecule has 5 rings (SSSR count). The number of hydrogen-bond donors (Lipinski definition) is 1. The Bertz CT molecular complexity index is 1570. The molecule has 4 aromatic rings. The largest absolute Gasteiger partial charge is 0.368 e. The Morgan fingerprint density at radius 2 is 1.97 bits per heavy atom. The molecule has 0 bridgehead atoms. The molecule has 1 N–H and O–H groups in total. The first-order valence-electron chi connectivity index (χ1n) is 11.9. The number of carbonyl (C=O) groups is 1. The van der Waals surface area contributed by atoms with Crippen LogP contribution in [0.4, 0.5) is 10.8 Å². The van der Waals surface area contributed by atoms with Crippen LogP contribution in [0.3, 0.4) is 0 Å². The van der Waals surface area contributed by atoms with E-state index in [-0.39, 0.29) is 22.9 Å². The molecule has 1 aliphatic rings. The first-order valence-corrected chi connectivity index (χ1v) is 14.2. The third kappa shape index (κ3) is 4.90. The summed E-state index contributed by atoms with van der Waals surface area (Å²) in [6.07, 6.45) is 3.44. The molecule has 3 heterocycles. The summed E-state index contributed by atoms with van der Waals surface area (Å²) in [5.41, 5.74) is 2.42. The quantitative estimate of drug-likeness (QED) is 0.399. The number of aromatic nitrogens is 2. The summed E-state index contributed by atoms with van der Waals surface area (Å²) in [6, 6.07) is 15.9. The summed E-state index contributed by atoms with van der Waals surface area (Å²) in [7, 11) is -3.70. The van der Waals surface area contributed by atoms with Crippen LogP contribution >= 0.6 is 11.3 Å². The van der Waals surface area contributed by atoms with Crippen molar-refractivity contribution < 1.29 is 13.2 Å². The van der Waals surface area contributed by atoms with Gasteiger partial charge in [-0.25, -0.2) is 13.4 Å². The molecule has 2 atom stereocenters. The van der Waals surface area contributed by atoms with E-state index in [4.69, 9.17) is 5.26 Å². The van der Waals surface area contributed by atoms with E-state index in [9.17, 15) is 13.2 Å². The number of hydrogen-bond acceptors (Lipinski definition) is 7. The van der Waals surface area contributed by atoms with E-state index in [0.717, 1.165) is 16.6 Å².